The van der Waals surface area contributed by atoms with Gasteiger partial charge in [0.2, 0.25) is 0 Å². The molecule has 2 aromatic rings. The van der Waals surface area contributed by atoms with Gasteiger partial charge in [0, 0.05) is 5.56 Å². The first-order chi connectivity index (χ1) is 15.0. The van der Waals surface area contributed by atoms with Crippen LogP contribution in [0, 0.1) is 0 Å². The van der Waals surface area contributed by atoms with E-state index >= 15 is 0 Å². The van der Waals surface area contributed by atoms with Gasteiger partial charge < -0.3 is 20.3 Å². The number of nitrogens with zero attached hydrogens (tertiary/aromatic N) is 2. The van der Waals surface area contributed by atoms with E-state index in [0.717, 1.165) is 49.5 Å². The van der Waals surface area contributed by atoms with Gasteiger partial charge in [-0.15, -0.1) is 10.2 Å². The average Bonchev–Trinajstić information content (AvgIpc) is 3.20. The van der Waals surface area contributed by atoms with Crippen molar-refractivity contribution in [2.24, 2.45) is 5.73 Å². The Morgan fingerprint density at radius 2 is 1.84 bits per heavy atom. The molecular formula is C19H27F3N3O5PS. The molecule has 1 unspecified atom stereocenters. The van der Waals surface area contributed by atoms with E-state index in [1.807, 2.05) is 0 Å². The van der Waals surface area contributed by atoms with Crippen LogP contribution in [-0.4, -0.2) is 33.2 Å². The third-order valence-corrected chi connectivity index (χ3v) is 6.06. The fraction of sp³-hybridized carbons (Fsp3) is 0.579. The van der Waals surface area contributed by atoms with Gasteiger partial charge in [-0.2, -0.15) is 13.2 Å². The van der Waals surface area contributed by atoms with Crippen molar-refractivity contribution in [1.82, 2.24) is 10.2 Å². The van der Waals surface area contributed by atoms with E-state index in [4.69, 9.17) is 20.3 Å². The van der Waals surface area contributed by atoms with Gasteiger partial charge in [0.05, 0.1) is 24.8 Å². The van der Waals surface area contributed by atoms with E-state index in [0.29, 0.717) is 6.42 Å². The lowest BCUT2D eigenvalue weighted by Crippen LogP contribution is -2.16. The van der Waals surface area contributed by atoms with Crippen LogP contribution in [0.15, 0.2) is 18.2 Å². The molecule has 180 valence electrons. The molecule has 0 amide bonds. The van der Waals surface area contributed by atoms with Gasteiger partial charge in [0.1, 0.15) is 15.8 Å². The number of halogens is 3. The van der Waals surface area contributed by atoms with E-state index in [-0.39, 0.29) is 27.9 Å². The Morgan fingerprint density at radius 1 is 1.16 bits per heavy atom. The zero-order valence-electron chi connectivity index (χ0n) is 17.5. The summed E-state index contributed by atoms with van der Waals surface area (Å²) >= 11 is 0.912. The molecule has 0 spiro atoms. The number of ether oxygens (including phenoxy) is 1. The van der Waals surface area contributed by atoms with Crippen LogP contribution < -0.4 is 10.5 Å². The second kappa shape index (κ2) is 12.1. The summed E-state index contributed by atoms with van der Waals surface area (Å²) in [5.41, 5.74) is 5.03. The quantitative estimate of drug-likeness (QED) is 0.258. The number of hydrogen-bond acceptors (Lipinski definition) is 7. The maximum atomic E-state index is 13.6. The number of nitrogens with two attached hydrogens (primary N) is 1. The number of alkyl halides is 3. The highest BCUT2D eigenvalue weighted by Crippen LogP contribution is 2.40. The number of aromatic nitrogens is 2. The summed E-state index contributed by atoms with van der Waals surface area (Å²) in [6, 6.07) is 2.66. The highest BCUT2D eigenvalue weighted by atomic mass is 32.1. The fourth-order valence-corrected chi connectivity index (χ4v) is 4.01. The smallest absolute Gasteiger partial charge is 0.469 e. The largest absolute Gasteiger partial charge is 0.493 e. The van der Waals surface area contributed by atoms with Crippen LogP contribution in [0.3, 0.4) is 0 Å². The molecule has 0 radical (unpaired) electrons. The molecule has 4 N–H and O–H groups in total. The van der Waals surface area contributed by atoms with E-state index in [2.05, 4.69) is 21.6 Å². The van der Waals surface area contributed by atoms with E-state index in [1.165, 1.54) is 12.1 Å². The molecule has 0 saturated heterocycles. The molecule has 1 aromatic heterocycles. The topological polar surface area (TPSA) is 128 Å². The molecule has 0 fully saturated rings. The standard InChI is InChI=1S/C19H27F3N3O5PS/c1-2-3-4-5-6-7-10-29-16-9-8-13(11-14(16)19(20,21)22)17-24-25-18(32-17)15(23)12-30-31(26,27)28/h8-9,11,15H,2-7,10,12,23H2,1H3,(H2,26,27,28). The van der Waals surface area contributed by atoms with Crippen molar-refractivity contribution in [3.8, 4) is 16.3 Å². The summed E-state index contributed by atoms with van der Waals surface area (Å²) in [5.74, 6) is -0.244. The fourth-order valence-electron chi connectivity index (χ4n) is 2.82. The zero-order chi connectivity index (χ0) is 23.8. The van der Waals surface area contributed by atoms with Gasteiger partial charge in [-0.25, -0.2) is 4.57 Å². The Labute approximate surface area is 188 Å². The molecule has 13 heteroatoms. The van der Waals surface area contributed by atoms with Crippen molar-refractivity contribution < 1.29 is 36.8 Å². The third-order valence-electron chi connectivity index (χ3n) is 4.47. The molecule has 32 heavy (non-hydrogen) atoms. The van der Waals surface area contributed by atoms with Gasteiger partial charge in [-0.05, 0) is 24.6 Å². The number of phosphoric acid groups is 1. The summed E-state index contributed by atoms with van der Waals surface area (Å²) in [4.78, 5) is 17.5. The van der Waals surface area contributed by atoms with Crippen LogP contribution in [0.1, 0.15) is 62.1 Å². The van der Waals surface area contributed by atoms with Crippen LogP contribution >= 0.6 is 19.2 Å². The zero-order valence-corrected chi connectivity index (χ0v) is 19.3. The molecule has 0 bridgehead atoms. The molecule has 8 nitrogen and oxygen atoms in total. The molecule has 1 aromatic carbocycles. The Hall–Kier alpha value is -1.56. The third kappa shape index (κ3) is 8.76. The van der Waals surface area contributed by atoms with Crippen LogP contribution in [0.25, 0.3) is 10.6 Å². The minimum absolute atomic E-state index is 0.172. The minimum atomic E-state index is -4.70. The van der Waals surface area contributed by atoms with E-state index in [1.54, 1.807) is 0 Å². The van der Waals surface area contributed by atoms with Crippen molar-refractivity contribution in [2.45, 2.75) is 57.7 Å². The summed E-state index contributed by atoms with van der Waals surface area (Å²) < 4.78 is 61.3. The predicted molar refractivity (Wildman–Crippen MR) is 114 cm³/mol. The molecule has 1 heterocycles. The maximum Gasteiger partial charge on any atom is 0.469 e. The van der Waals surface area contributed by atoms with Gasteiger partial charge in [-0.3, -0.25) is 4.52 Å². The summed E-state index contributed by atoms with van der Waals surface area (Å²) in [5, 5.41) is 8.00. The molecular weight excluding hydrogens is 470 g/mol. The van der Waals surface area contributed by atoms with Crippen molar-refractivity contribution in [1.29, 1.82) is 0 Å². The number of rotatable bonds is 13. The summed E-state index contributed by atoms with van der Waals surface area (Å²) in [6.07, 6.45) is 1.38. The lowest BCUT2D eigenvalue weighted by Gasteiger charge is -2.15. The molecule has 0 aliphatic rings. The number of unbranched alkanes of at least 4 members (excludes halogenated alkanes) is 5. The van der Waals surface area contributed by atoms with Gasteiger partial charge in [-0.1, -0.05) is 50.4 Å². The monoisotopic (exact) mass is 497 g/mol. The van der Waals surface area contributed by atoms with Crippen molar-refractivity contribution >= 4 is 19.2 Å². The van der Waals surface area contributed by atoms with Crippen LogP contribution in [0.5, 0.6) is 5.75 Å². The first-order valence-electron chi connectivity index (χ1n) is 10.1. The van der Waals surface area contributed by atoms with E-state index < -0.39 is 32.2 Å². The Balaban J connectivity index is 2.07. The molecule has 0 aliphatic carbocycles. The highest BCUT2D eigenvalue weighted by Gasteiger charge is 2.35. The lowest BCUT2D eigenvalue weighted by atomic mass is 10.1. The maximum absolute atomic E-state index is 13.6. The number of hydrogen-bond donors (Lipinski definition) is 3. The Kier molecular flexibility index (Phi) is 10.1. The lowest BCUT2D eigenvalue weighted by molar-refractivity contribution is -0.138. The van der Waals surface area contributed by atoms with Gasteiger partial charge >= 0.3 is 14.0 Å². The van der Waals surface area contributed by atoms with Crippen molar-refractivity contribution in [3.05, 3.63) is 28.8 Å². The highest BCUT2D eigenvalue weighted by molar-refractivity contribution is 7.46. The van der Waals surface area contributed by atoms with Crippen molar-refractivity contribution in [2.75, 3.05) is 13.2 Å². The molecule has 2 rings (SSSR count). The molecule has 1 atom stereocenters. The second-order valence-corrected chi connectivity index (χ2v) is 9.41. The summed E-state index contributed by atoms with van der Waals surface area (Å²) in [7, 11) is -4.70. The molecule has 0 saturated carbocycles. The van der Waals surface area contributed by atoms with Crippen LogP contribution in [-0.2, 0) is 15.3 Å². The van der Waals surface area contributed by atoms with Gasteiger partial charge in [0.25, 0.3) is 0 Å². The second-order valence-electron chi connectivity index (χ2n) is 7.16. The Morgan fingerprint density at radius 3 is 2.50 bits per heavy atom. The number of benzene rings is 1. The van der Waals surface area contributed by atoms with Gasteiger partial charge in [0.15, 0.2) is 0 Å². The normalized spacial score (nSPS) is 13.3. The summed E-state index contributed by atoms with van der Waals surface area (Å²) in [6.45, 7) is 1.80. The minimum Gasteiger partial charge on any atom is -0.493 e. The van der Waals surface area contributed by atoms with Crippen LogP contribution in [0.2, 0.25) is 0 Å². The number of phosphoric ester groups is 1. The first kappa shape index (κ1) is 26.7. The average molecular weight is 497 g/mol. The van der Waals surface area contributed by atoms with Crippen molar-refractivity contribution in [3.63, 3.8) is 0 Å². The Bertz CT molecular complexity index is 907. The SMILES string of the molecule is CCCCCCCCOc1ccc(-c2nnc(C(N)COP(=O)(O)O)s2)cc1C(F)(F)F. The van der Waals surface area contributed by atoms with Crippen LogP contribution in [0.4, 0.5) is 13.2 Å². The van der Waals surface area contributed by atoms with E-state index in [9.17, 15) is 17.7 Å². The predicted octanol–water partition coefficient (Wildman–Crippen LogP) is 5.07. The first-order valence-corrected chi connectivity index (χ1v) is 12.5. The molecule has 0 aliphatic heterocycles.